The lowest BCUT2D eigenvalue weighted by molar-refractivity contribution is -0.141. The zero-order valence-electron chi connectivity index (χ0n) is 21.7. The van der Waals surface area contributed by atoms with Gasteiger partial charge in [0.2, 0.25) is 21.8 Å². The van der Waals surface area contributed by atoms with Crippen LogP contribution in [0, 0.1) is 6.92 Å². The second-order valence-corrected chi connectivity index (χ2v) is 11.5. The Labute approximate surface area is 209 Å². The number of nitrogens with zero attached hydrogens (tertiary/aromatic N) is 2. The maximum absolute atomic E-state index is 13.7. The third-order valence-corrected chi connectivity index (χ3v) is 6.52. The second-order valence-electron chi connectivity index (χ2n) is 9.61. The largest absolute Gasteiger partial charge is 0.495 e. The highest BCUT2D eigenvalue weighted by Gasteiger charge is 2.33. The van der Waals surface area contributed by atoms with E-state index < -0.39 is 34.1 Å². The summed E-state index contributed by atoms with van der Waals surface area (Å²) in [7, 11) is -2.39. The molecule has 0 bridgehead atoms. The van der Waals surface area contributed by atoms with Crippen molar-refractivity contribution in [3.8, 4) is 5.75 Å². The summed E-state index contributed by atoms with van der Waals surface area (Å²) in [4.78, 5) is 28.3. The molecule has 0 heterocycles. The van der Waals surface area contributed by atoms with Gasteiger partial charge >= 0.3 is 0 Å². The Hall–Kier alpha value is -3.07. The monoisotopic (exact) mass is 503 g/mol. The molecule has 0 spiro atoms. The number of rotatable bonds is 10. The number of methoxy groups -OCH3 is 1. The fourth-order valence-electron chi connectivity index (χ4n) is 3.69. The van der Waals surface area contributed by atoms with Crippen LogP contribution >= 0.6 is 0 Å². The zero-order chi connectivity index (χ0) is 26.4. The van der Waals surface area contributed by atoms with Crippen LogP contribution in [0.2, 0.25) is 0 Å². The first-order valence-electron chi connectivity index (χ1n) is 11.5. The summed E-state index contributed by atoms with van der Waals surface area (Å²) < 4.78 is 31.8. The molecule has 0 aliphatic rings. The van der Waals surface area contributed by atoms with Crippen molar-refractivity contribution in [2.45, 2.75) is 59.2 Å². The fourth-order valence-corrected chi connectivity index (χ4v) is 4.55. The van der Waals surface area contributed by atoms with Crippen LogP contribution in [0.3, 0.4) is 0 Å². The minimum Gasteiger partial charge on any atom is -0.495 e. The van der Waals surface area contributed by atoms with Gasteiger partial charge in [0.15, 0.2) is 0 Å². The molecule has 2 aromatic rings. The minimum absolute atomic E-state index is 0.165. The van der Waals surface area contributed by atoms with E-state index in [-0.39, 0.29) is 18.1 Å². The molecule has 0 radical (unpaired) electrons. The third-order valence-electron chi connectivity index (χ3n) is 5.39. The van der Waals surface area contributed by atoms with E-state index in [0.717, 1.165) is 21.7 Å². The van der Waals surface area contributed by atoms with E-state index >= 15 is 0 Å². The van der Waals surface area contributed by atoms with Gasteiger partial charge < -0.3 is 15.0 Å². The second kappa shape index (κ2) is 11.6. The van der Waals surface area contributed by atoms with Crippen molar-refractivity contribution in [2.75, 3.05) is 24.2 Å². The molecule has 1 atom stereocenters. The molecular weight excluding hydrogens is 466 g/mol. The number of anilines is 1. The first-order valence-corrected chi connectivity index (χ1v) is 13.4. The van der Waals surface area contributed by atoms with Gasteiger partial charge in [0, 0.05) is 12.1 Å². The fraction of sp³-hybridized carbons (Fsp3) is 0.462. The van der Waals surface area contributed by atoms with Crippen molar-refractivity contribution in [1.29, 1.82) is 0 Å². The van der Waals surface area contributed by atoms with Gasteiger partial charge in [-0.05, 0) is 51.8 Å². The van der Waals surface area contributed by atoms with Gasteiger partial charge in [-0.15, -0.1) is 0 Å². The van der Waals surface area contributed by atoms with Crippen molar-refractivity contribution in [3.05, 3.63) is 59.7 Å². The predicted molar refractivity (Wildman–Crippen MR) is 139 cm³/mol. The normalized spacial score (nSPS) is 12.5. The van der Waals surface area contributed by atoms with Gasteiger partial charge in [0.05, 0.1) is 19.1 Å². The summed E-state index contributed by atoms with van der Waals surface area (Å²) in [6.45, 7) is 9.11. The molecule has 1 unspecified atom stereocenters. The van der Waals surface area contributed by atoms with E-state index in [1.807, 2.05) is 58.9 Å². The first kappa shape index (κ1) is 28.2. The molecule has 0 fully saturated rings. The molecule has 9 heteroatoms. The lowest BCUT2D eigenvalue weighted by atomic mass is 10.1. The smallest absolute Gasteiger partial charge is 0.244 e. The lowest BCUT2D eigenvalue weighted by Crippen LogP contribution is -2.55. The Balaban J connectivity index is 2.48. The van der Waals surface area contributed by atoms with Crippen LogP contribution in [-0.2, 0) is 26.2 Å². The molecule has 2 aromatic carbocycles. The van der Waals surface area contributed by atoms with E-state index in [1.165, 1.54) is 12.0 Å². The molecule has 2 rings (SSSR count). The van der Waals surface area contributed by atoms with Gasteiger partial charge in [-0.25, -0.2) is 8.42 Å². The number of hydrogen-bond acceptors (Lipinski definition) is 5. The van der Waals surface area contributed by atoms with E-state index in [4.69, 9.17) is 4.74 Å². The van der Waals surface area contributed by atoms with Gasteiger partial charge in [-0.2, -0.15) is 0 Å². The Bertz CT molecular complexity index is 1120. The van der Waals surface area contributed by atoms with Crippen molar-refractivity contribution < 1.29 is 22.7 Å². The number of para-hydroxylation sites is 2. The van der Waals surface area contributed by atoms with Crippen LogP contribution in [0.5, 0.6) is 5.75 Å². The molecule has 8 nitrogen and oxygen atoms in total. The topological polar surface area (TPSA) is 96.0 Å². The van der Waals surface area contributed by atoms with Gasteiger partial charge in [0.1, 0.15) is 18.3 Å². The Kier molecular flexibility index (Phi) is 9.31. The van der Waals surface area contributed by atoms with Gasteiger partial charge in [-0.3, -0.25) is 13.9 Å². The van der Waals surface area contributed by atoms with Crippen LogP contribution in [0.4, 0.5) is 5.69 Å². The van der Waals surface area contributed by atoms with E-state index in [9.17, 15) is 18.0 Å². The van der Waals surface area contributed by atoms with Crippen molar-refractivity contribution >= 4 is 27.5 Å². The Morgan fingerprint density at radius 3 is 2.17 bits per heavy atom. The number of carbonyl (C=O) groups is 2. The van der Waals surface area contributed by atoms with Crippen molar-refractivity contribution in [3.63, 3.8) is 0 Å². The molecule has 0 saturated carbocycles. The van der Waals surface area contributed by atoms with Gasteiger partial charge in [0.25, 0.3) is 0 Å². The third kappa shape index (κ3) is 7.99. The van der Waals surface area contributed by atoms with Gasteiger partial charge in [-0.1, -0.05) is 48.9 Å². The summed E-state index contributed by atoms with van der Waals surface area (Å²) in [5.41, 5.74) is 1.69. The SMILES string of the molecule is CCC(C(=O)NC(C)(C)C)N(Cc1ccc(C)cc1)C(=O)CN(c1ccccc1OC)S(C)(=O)=O. The molecule has 1 N–H and O–H groups in total. The number of aryl methyl sites for hydroxylation is 1. The number of sulfonamides is 1. The quantitative estimate of drug-likeness (QED) is 0.535. The maximum atomic E-state index is 13.7. The standard InChI is InChI=1S/C26H37N3O5S/c1-8-21(25(31)27-26(3,4)5)28(17-20-15-13-19(2)14-16-20)24(30)18-29(35(7,32)33)22-11-9-10-12-23(22)34-6/h9-16,21H,8,17-18H2,1-7H3,(H,27,31). The van der Waals surface area contributed by atoms with E-state index in [2.05, 4.69) is 5.32 Å². The number of hydrogen-bond donors (Lipinski definition) is 1. The molecule has 0 saturated heterocycles. The first-order chi connectivity index (χ1) is 16.3. The summed E-state index contributed by atoms with van der Waals surface area (Å²) in [5, 5.41) is 2.95. The number of amides is 2. The summed E-state index contributed by atoms with van der Waals surface area (Å²) in [6, 6.07) is 13.5. The van der Waals surface area contributed by atoms with Crippen LogP contribution in [0.25, 0.3) is 0 Å². The Morgan fingerprint density at radius 2 is 1.66 bits per heavy atom. The molecule has 0 aliphatic carbocycles. The van der Waals surface area contributed by atoms with Crippen molar-refractivity contribution in [1.82, 2.24) is 10.2 Å². The molecule has 2 amide bonds. The molecule has 0 aromatic heterocycles. The highest BCUT2D eigenvalue weighted by atomic mass is 32.2. The molecule has 0 aliphatic heterocycles. The van der Waals surface area contributed by atoms with E-state index in [0.29, 0.717) is 12.2 Å². The summed E-state index contributed by atoms with van der Waals surface area (Å²) >= 11 is 0. The highest BCUT2D eigenvalue weighted by molar-refractivity contribution is 7.92. The molecule has 192 valence electrons. The van der Waals surface area contributed by atoms with Crippen molar-refractivity contribution in [2.24, 2.45) is 0 Å². The zero-order valence-corrected chi connectivity index (χ0v) is 22.5. The average Bonchev–Trinajstić information content (AvgIpc) is 2.76. The molecular formula is C26H37N3O5S. The average molecular weight is 504 g/mol. The number of benzene rings is 2. The maximum Gasteiger partial charge on any atom is 0.244 e. The van der Waals surface area contributed by atoms with Crippen LogP contribution in [0.15, 0.2) is 48.5 Å². The molecule has 35 heavy (non-hydrogen) atoms. The number of ether oxygens (including phenoxy) is 1. The number of nitrogens with one attached hydrogen (secondary N) is 1. The van der Waals surface area contributed by atoms with Crippen LogP contribution < -0.4 is 14.4 Å². The summed E-state index contributed by atoms with van der Waals surface area (Å²) in [5.74, 6) is -0.449. The summed E-state index contributed by atoms with van der Waals surface area (Å²) in [6.07, 6.45) is 1.41. The number of carbonyl (C=O) groups excluding carboxylic acids is 2. The van der Waals surface area contributed by atoms with E-state index in [1.54, 1.807) is 24.3 Å². The minimum atomic E-state index is -3.83. The predicted octanol–water partition coefficient (Wildman–Crippen LogP) is 3.49. The van der Waals surface area contributed by atoms with Crippen LogP contribution in [0.1, 0.15) is 45.2 Å². The van der Waals surface area contributed by atoms with Crippen LogP contribution in [-0.4, -0.2) is 56.6 Å². The lowest BCUT2D eigenvalue weighted by Gasteiger charge is -2.34. The highest BCUT2D eigenvalue weighted by Crippen LogP contribution is 2.29. The Morgan fingerprint density at radius 1 is 1.06 bits per heavy atom.